The van der Waals surface area contributed by atoms with Gasteiger partial charge in [0.25, 0.3) is 5.91 Å². The third-order valence-electron chi connectivity index (χ3n) is 6.60. The van der Waals surface area contributed by atoms with Gasteiger partial charge in [0.15, 0.2) is 11.5 Å². The Morgan fingerprint density at radius 1 is 1.10 bits per heavy atom. The fraction of sp³-hybridized carbons (Fsp3) is 0.375. The maximum absolute atomic E-state index is 12.8. The number of benzene rings is 2. The first-order valence-electron chi connectivity index (χ1n) is 10.2. The molecule has 3 aliphatic rings. The van der Waals surface area contributed by atoms with Crippen LogP contribution in [-0.2, 0) is 4.79 Å². The molecule has 0 unspecified atom stereocenters. The second-order valence-electron chi connectivity index (χ2n) is 8.33. The summed E-state index contributed by atoms with van der Waals surface area (Å²) in [5, 5.41) is 0. The fourth-order valence-electron chi connectivity index (χ4n) is 5.10. The second-order valence-corrected chi connectivity index (χ2v) is 9.24. The Kier molecular flexibility index (Phi) is 4.66. The van der Waals surface area contributed by atoms with E-state index in [0.29, 0.717) is 11.5 Å². The van der Waals surface area contributed by atoms with Crippen molar-refractivity contribution < 1.29 is 14.3 Å². The minimum Gasteiger partial charge on any atom is -0.493 e. The molecule has 2 fully saturated rings. The lowest BCUT2D eigenvalue weighted by Gasteiger charge is -2.24. The molecule has 2 aromatic carbocycles. The Labute approximate surface area is 179 Å². The van der Waals surface area contributed by atoms with E-state index in [0.717, 1.165) is 45.1 Å². The Hall–Kier alpha value is -2.27. The van der Waals surface area contributed by atoms with Crippen LogP contribution >= 0.6 is 15.9 Å². The van der Waals surface area contributed by atoms with Gasteiger partial charge in [-0.05, 0) is 79.5 Å². The van der Waals surface area contributed by atoms with E-state index < -0.39 is 0 Å². The van der Waals surface area contributed by atoms with E-state index in [1.54, 1.807) is 12.0 Å². The first-order chi connectivity index (χ1) is 14.0. The van der Waals surface area contributed by atoms with Crippen molar-refractivity contribution in [2.75, 3.05) is 19.1 Å². The molecule has 0 spiro atoms. The van der Waals surface area contributed by atoms with E-state index in [1.807, 2.05) is 49.5 Å². The lowest BCUT2D eigenvalue weighted by Crippen LogP contribution is -2.23. The predicted molar refractivity (Wildman–Crippen MR) is 118 cm³/mol. The minimum absolute atomic E-state index is 0.00416. The number of methoxy groups -OCH3 is 1. The number of likely N-dealkylation sites (N-methyl/N-ethyl adjacent to an activating group) is 1. The maximum Gasteiger partial charge on any atom is 0.258 e. The number of halogens is 1. The Bertz CT molecular complexity index is 1020. The van der Waals surface area contributed by atoms with Crippen molar-refractivity contribution in [2.45, 2.75) is 31.8 Å². The average Bonchev–Trinajstić information content (AvgIpc) is 3.39. The number of anilines is 1. The van der Waals surface area contributed by atoms with Crippen LogP contribution in [0, 0.1) is 11.8 Å². The summed E-state index contributed by atoms with van der Waals surface area (Å²) in [6.07, 6.45) is 7.28. The van der Waals surface area contributed by atoms with Crippen LogP contribution < -0.4 is 14.4 Å². The van der Waals surface area contributed by atoms with Crippen LogP contribution in [0.5, 0.6) is 11.5 Å². The standard InChI is InChI=1S/C24H24BrNO3/c1-26-20-7-6-17(25)13-18(20)19(24(26)27)10-15-4-8-21(28-2)23(12-15)29-22-11-14-3-5-16(22)9-14/h4,6-8,10,12-14,16,22H,3,5,9,11H2,1-2H3/b19-10+/t14-,16+,22+/m1/s1. The van der Waals surface area contributed by atoms with Crippen LogP contribution in [0.15, 0.2) is 40.9 Å². The summed E-state index contributed by atoms with van der Waals surface area (Å²) in [7, 11) is 3.48. The molecule has 150 valence electrons. The van der Waals surface area contributed by atoms with Gasteiger partial charge in [-0.2, -0.15) is 0 Å². The van der Waals surface area contributed by atoms with Crippen molar-refractivity contribution in [2.24, 2.45) is 11.8 Å². The van der Waals surface area contributed by atoms with Crippen molar-refractivity contribution >= 4 is 39.2 Å². The number of carbonyl (C=O) groups is 1. The van der Waals surface area contributed by atoms with Crippen LogP contribution in [0.2, 0.25) is 0 Å². The van der Waals surface area contributed by atoms with E-state index in [1.165, 1.54) is 19.3 Å². The molecule has 29 heavy (non-hydrogen) atoms. The molecule has 1 aliphatic heterocycles. The molecule has 2 bridgehead atoms. The summed E-state index contributed by atoms with van der Waals surface area (Å²) in [6.45, 7) is 0. The number of hydrogen-bond donors (Lipinski definition) is 0. The lowest BCUT2D eigenvalue weighted by molar-refractivity contribution is -0.112. The maximum atomic E-state index is 12.8. The molecule has 5 heteroatoms. The zero-order chi connectivity index (χ0) is 20.1. The summed E-state index contributed by atoms with van der Waals surface area (Å²) < 4.78 is 12.9. The highest BCUT2D eigenvalue weighted by atomic mass is 79.9. The number of nitrogens with zero attached hydrogens (tertiary/aromatic N) is 1. The topological polar surface area (TPSA) is 38.8 Å². The van der Waals surface area contributed by atoms with Crippen LogP contribution in [0.1, 0.15) is 36.8 Å². The van der Waals surface area contributed by atoms with E-state index in [2.05, 4.69) is 15.9 Å². The van der Waals surface area contributed by atoms with Gasteiger partial charge in [0.2, 0.25) is 0 Å². The summed E-state index contributed by atoms with van der Waals surface area (Å²) in [5.41, 5.74) is 3.50. The van der Waals surface area contributed by atoms with Gasteiger partial charge in [0.1, 0.15) is 6.10 Å². The van der Waals surface area contributed by atoms with E-state index in [-0.39, 0.29) is 12.0 Å². The molecule has 2 aliphatic carbocycles. The van der Waals surface area contributed by atoms with Crippen molar-refractivity contribution in [1.82, 2.24) is 0 Å². The molecule has 0 aromatic heterocycles. The normalized spacial score (nSPS) is 26.3. The Balaban J connectivity index is 1.49. The number of amides is 1. The van der Waals surface area contributed by atoms with Gasteiger partial charge >= 0.3 is 0 Å². The van der Waals surface area contributed by atoms with Crippen molar-refractivity contribution in [3.63, 3.8) is 0 Å². The first kappa shape index (κ1) is 18.7. The molecular weight excluding hydrogens is 430 g/mol. The molecule has 1 amide bonds. The van der Waals surface area contributed by atoms with Crippen LogP contribution in [0.4, 0.5) is 5.69 Å². The van der Waals surface area contributed by atoms with Crippen LogP contribution in [0.3, 0.4) is 0 Å². The number of rotatable bonds is 4. The molecule has 2 saturated carbocycles. The molecule has 4 nitrogen and oxygen atoms in total. The highest BCUT2D eigenvalue weighted by Gasteiger charge is 2.41. The number of hydrogen-bond acceptors (Lipinski definition) is 3. The molecule has 0 radical (unpaired) electrons. The van der Waals surface area contributed by atoms with Gasteiger partial charge in [-0.25, -0.2) is 0 Å². The number of ether oxygens (including phenoxy) is 2. The van der Waals surface area contributed by atoms with Gasteiger partial charge in [-0.15, -0.1) is 0 Å². The van der Waals surface area contributed by atoms with Gasteiger partial charge in [-0.1, -0.05) is 22.0 Å². The summed E-state index contributed by atoms with van der Waals surface area (Å²) >= 11 is 3.52. The summed E-state index contributed by atoms with van der Waals surface area (Å²) in [4.78, 5) is 14.5. The molecule has 2 aromatic rings. The van der Waals surface area contributed by atoms with Gasteiger partial charge in [-0.3, -0.25) is 4.79 Å². The smallest absolute Gasteiger partial charge is 0.258 e. The monoisotopic (exact) mass is 453 g/mol. The zero-order valence-corrected chi connectivity index (χ0v) is 18.2. The fourth-order valence-corrected chi connectivity index (χ4v) is 5.46. The van der Waals surface area contributed by atoms with Crippen molar-refractivity contribution in [3.05, 3.63) is 52.0 Å². The molecule has 3 atom stereocenters. The largest absolute Gasteiger partial charge is 0.493 e. The lowest BCUT2D eigenvalue weighted by atomic mass is 9.97. The first-order valence-corrected chi connectivity index (χ1v) is 11.0. The van der Waals surface area contributed by atoms with Crippen LogP contribution in [0.25, 0.3) is 11.6 Å². The van der Waals surface area contributed by atoms with E-state index >= 15 is 0 Å². The third-order valence-corrected chi connectivity index (χ3v) is 7.09. The quantitative estimate of drug-likeness (QED) is 0.570. The molecular formula is C24H24BrNO3. The van der Waals surface area contributed by atoms with Gasteiger partial charge in [0, 0.05) is 22.7 Å². The molecule has 5 rings (SSSR count). The van der Waals surface area contributed by atoms with Crippen LogP contribution in [-0.4, -0.2) is 26.2 Å². The van der Waals surface area contributed by atoms with E-state index in [4.69, 9.17) is 9.47 Å². The molecule has 0 saturated heterocycles. The highest BCUT2D eigenvalue weighted by Crippen LogP contribution is 2.47. The summed E-state index contributed by atoms with van der Waals surface area (Å²) in [5.74, 6) is 3.01. The van der Waals surface area contributed by atoms with Crippen molar-refractivity contribution in [1.29, 1.82) is 0 Å². The van der Waals surface area contributed by atoms with Gasteiger partial charge in [0.05, 0.1) is 12.8 Å². The average molecular weight is 454 g/mol. The zero-order valence-electron chi connectivity index (χ0n) is 16.7. The SMILES string of the molecule is COc1ccc(/C=C2/C(=O)N(C)c3ccc(Br)cc32)cc1O[C@H]1C[C@@H]2CC[C@H]1C2. The minimum atomic E-state index is 0.00416. The highest BCUT2D eigenvalue weighted by molar-refractivity contribution is 9.10. The summed E-state index contributed by atoms with van der Waals surface area (Å²) in [6, 6.07) is 11.8. The van der Waals surface area contributed by atoms with E-state index in [9.17, 15) is 4.79 Å². The molecule has 0 N–H and O–H groups in total. The van der Waals surface area contributed by atoms with Crippen molar-refractivity contribution in [3.8, 4) is 11.5 Å². The number of carbonyl (C=O) groups excluding carboxylic acids is 1. The Morgan fingerprint density at radius 2 is 1.97 bits per heavy atom. The number of fused-ring (bicyclic) bond motifs is 3. The second kappa shape index (κ2) is 7.21. The predicted octanol–water partition coefficient (Wildman–Crippen LogP) is 5.54. The molecule has 1 heterocycles. The Morgan fingerprint density at radius 3 is 2.69 bits per heavy atom. The third kappa shape index (κ3) is 3.25. The van der Waals surface area contributed by atoms with Gasteiger partial charge < -0.3 is 14.4 Å².